The lowest BCUT2D eigenvalue weighted by Gasteiger charge is -2.32. The van der Waals surface area contributed by atoms with Crippen LogP contribution < -0.4 is 10.2 Å². The average Bonchev–Trinajstić information content (AvgIpc) is 2.45. The van der Waals surface area contributed by atoms with E-state index in [9.17, 15) is 0 Å². The van der Waals surface area contributed by atoms with Crippen LogP contribution in [0.2, 0.25) is 0 Å². The number of hydrogen-bond acceptors (Lipinski definition) is 4. The first-order valence-electron chi connectivity index (χ1n) is 7.86. The monoisotopic (exact) mass is 288 g/mol. The molecule has 0 bridgehead atoms. The minimum Gasteiger partial charge on any atom is -0.351 e. The molecule has 1 N–H and O–H groups in total. The first-order valence-corrected chi connectivity index (χ1v) is 7.86. The predicted octanol–water partition coefficient (Wildman–Crippen LogP) is 3.16. The maximum absolute atomic E-state index is 4.37. The van der Waals surface area contributed by atoms with Crippen molar-refractivity contribution in [3.05, 3.63) is 29.5 Å². The second kappa shape index (κ2) is 6.56. The summed E-state index contributed by atoms with van der Waals surface area (Å²) in [6, 6.07) is 4.62. The molecule has 116 valence electrons. The molecule has 0 aliphatic carbocycles. The second-order valence-electron chi connectivity index (χ2n) is 7.09. The molecule has 1 aromatic rings. The Balaban J connectivity index is 1.96. The summed E-state index contributed by atoms with van der Waals surface area (Å²) < 4.78 is 0. The molecule has 0 atom stereocenters. The summed E-state index contributed by atoms with van der Waals surface area (Å²) in [5.74, 6) is 0.979. The quantitative estimate of drug-likeness (QED) is 0.864. The van der Waals surface area contributed by atoms with Gasteiger partial charge in [-0.05, 0) is 24.0 Å². The smallest absolute Gasteiger partial charge is 0.151 e. The van der Waals surface area contributed by atoms with Crippen LogP contribution in [0.1, 0.15) is 46.7 Å². The van der Waals surface area contributed by atoms with E-state index in [0.717, 1.165) is 37.6 Å². The van der Waals surface area contributed by atoms with Crippen LogP contribution in [0.3, 0.4) is 0 Å². The van der Waals surface area contributed by atoms with E-state index in [1.807, 2.05) is 0 Å². The Morgan fingerprint density at radius 2 is 2.00 bits per heavy atom. The molecule has 1 aromatic heterocycles. The normalized spacial score (nSPS) is 16.3. The van der Waals surface area contributed by atoms with Gasteiger partial charge in [-0.15, -0.1) is 5.10 Å². The summed E-state index contributed by atoms with van der Waals surface area (Å²) in [6.45, 7) is 13.9. The number of anilines is 1. The number of nitrogens with zero attached hydrogens (tertiary/aromatic N) is 3. The van der Waals surface area contributed by atoms with Gasteiger partial charge in [0.25, 0.3) is 0 Å². The molecule has 21 heavy (non-hydrogen) atoms. The SMILES string of the molecule is CC(C)NCc1ccc(N2CC=C(C(C)(C)C)CC2)nn1. The topological polar surface area (TPSA) is 41.0 Å². The van der Waals surface area contributed by atoms with Gasteiger partial charge in [-0.3, -0.25) is 0 Å². The van der Waals surface area contributed by atoms with E-state index >= 15 is 0 Å². The molecule has 1 aliphatic rings. The van der Waals surface area contributed by atoms with Crippen molar-refractivity contribution in [2.75, 3.05) is 18.0 Å². The fourth-order valence-electron chi connectivity index (χ4n) is 2.48. The van der Waals surface area contributed by atoms with Crippen LogP contribution in [-0.4, -0.2) is 29.3 Å². The van der Waals surface area contributed by atoms with Crippen molar-refractivity contribution >= 4 is 5.82 Å². The van der Waals surface area contributed by atoms with Crippen LogP contribution in [0, 0.1) is 5.41 Å². The van der Waals surface area contributed by atoms with E-state index in [2.05, 4.69) is 73.2 Å². The van der Waals surface area contributed by atoms with Crippen molar-refractivity contribution in [2.45, 2.75) is 53.6 Å². The highest BCUT2D eigenvalue weighted by Crippen LogP contribution is 2.30. The lowest BCUT2D eigenvalue weighted by atomic mass is 9.83. The Hall–Kier alpha value is -1.42. The minimum atomic E-state index is 0.282. The molecule has 1 aliphatic heterocycles. The van der Waals surface area contributed by atoms with Gasteiger partial charge in [-0.25, -0.2) is 0 Å². The summed E-state index contributed by atoms with van der Waals surface area (Å²) in [4.78, 5) is 2.29. The molecule has 0 saturated carbocycles. The van der Waals surface area contributed by atoms with Gasteiger partial charge in [-0.1, -0.05) is 46.3 Å². The zero-order chi connectivity index (χ0) is 15.5. The molecule has 4 nitrogen and oxygen atoms in total. The summed E-state index contributed by atoms with van der Waals surface area (Å²) in [5.41, 5.74) is 2.82. The van der Waals surface area contributed by atoms with Crippen LogP contribution in [0.25, 0.3) is 0 Å². The Morgan fingerprint density at radius 1 is 1.24 bits per heavy atom. The maximum atomic E-state index is 4.37. The molecular weight excluding hydrogens is 260 g/mol. The van der Waals surface area contributed by atoms with Gasteiger partial charge in [-0.2, -0.15) is 5.10 Å². The number of nitrogens with one attached hydrogen (secondary N) is 1. The fraction of sp³-hybridized carbons (Fsp3) is 0.647. The summed E-state index contributed by atoms with van der Waals surface area (Å²) in [7, 11) is 0. The highest BCUT2D eigenvalue weighted by Gasteiger charge is 2.21. The zero-order valence-electron chi connectivity index (χ0n) is 14.0. The molecule has 4 heteroatoms. The summed E-state index contributed by atoms with van der Waals surface area (Å²) in [6.07, 6.45) is 3.46. The average molecular weight is 288 g/mol. The van der Waals surface area contributed by atoms with Gasteiger partial charge in [0.05, 0.1) is 5.69 Å². The van der Waals surface area contributed by atoms with Gasteiger partial charge in [0.1, 0.15) is 0 Å². The fourth-order valence-corrected chi connectivity index (χ4v) is 2.48. The Labute approximate surface area is 128 Å². The summed E-state index contributed by atoms with van der Waals surface area (Å²) >= 11 is 0. The Bertz CT molecular complexity index is 483. The highest BCUT2D eigenvalue weighted by atomic mass is 15.3. The van der Waals surface area contributed by atoms with E-state index in [4.69, 9.17) is 0 Å². The molecule has 0 fully saturated rings. The van der Waals surface area contributed by atoms with Crippen LogP contribution in [0.4, 0.5) is 5.82 Å². The largest absolute Gasteiger partial charge is 0.351 e. The third kappa shape index (κ3) is 4.53. The predicted molar refractivity (Wildman–Crippen MR) is 88.4 cm³/mol. The molecule has 0 saturated heterocycles. The molecule has 2 rings (SSSR count). The molecule has 0 radical (unpaired) electrons. The van der Waals surface area contributed by atoms with Gasteiger partial charge in [0, 0.05) is 25.7 Å². The molecule has 0 unspecified atom stereocenters. The van der Waals surface area contributed by atoms with Gasteiger partial charge in [0.15, 0.2) is 5.82 Å². The summed E-state index contributed by atoms with van der Waals surface area (Å²) in [5, 5.41) is 12.1. The lowest BCUT2D eigenvalue weighted by molar-refractivity contribution is 0.472. The van der Waals surface area contributed by atoms with Crippen molar-refractivity contribution in [1.29, 1.82) is 0 Å². The number of rotatable bonds is 4. The van der Waals surface area contributed by atoms with Crippen molar-refractivity contribution in [3.63, 3.8) is 0 Å². The van der Waals surface area contributed by atoms with E-state index in [1.54, 1.807) is 5.57 Å². The maximum Gasteiger partial charge on any atom is 0.151 e. The van der Waals surface area contributed by atoms with Crippen molar-refractivity contribution < 1.29 is 0 Å². The number of hydrogen-bond donors (Lipinski definition) is 1. The second-order valence-corrected chi connectivity index (χ2v) is 7.09. The Kier molecular flexibility index (Phi) is 4.99. The van der Waals surface area contributed by atoms with Crippen molar-refractivity contribution in [3.8, 4) is 0 Å². The van der Waals surface area contributed by atoms with Gasteiger partial charge >= 0.3 is 0 Å². The third-order valence-corrected chi connectivity index (χ3v) is 3.89. The van der Waals surface area contributed by atoms with Gasteiger partial charge in [0.2, 0.25) is 0 Å². The van der Waals surface area contributed by atoms with Crippen LogP contribution in [0.5, 0.6) is 0 Å². The van der Waals surface area contributed by atoms with E-state index in [1.165, 1.54) is 0 Å². The van der Waals surface area contributed by atoms with Crippen LogP contribution in [0.15, 0.2) is 23.8 Å². The minimum absolute atomic E-state index is 0.282. The van der Waals surface area contributed by atoms with Crippen molar-refractivity contribution in [2.24, 2.45) is 5.41 Å². The molecule has 2 heterocycles. The third-order valence-electron chi connectivity index (χ3n) is 3.89. The van der Waals surface area contributed by atoms with E-state index < -0.39 is 0 Å². The molecule has 0 aromatic carbocycles. The molecule has 0 spiro atoms. The highest BCUT2D eigenvalue weighted by molar-refractivity contribution is 5.40. The first-order chi connectivity index (χ1) is 9.86. The Morgan fingerprint density at radius 3 is 2.48 bits per heavy atom. The van der Waals surface area contributed by atoms with Crippen LogP contribution in [-0.2, 0) is 6.54 Å². The van der Waals surface area contributed by atoms with Crippen LogP contribution >= 0.6 is 0 Å². The zero-order valence-corrected chi connectivity index (χ0v) is 14.0. The molecule has 0 amide bonds. The first kappa shape index (κ1) is 16.0. The van der Waals surface area contributed by atoms with Gasteiger partial charge < -0.3 is 10.2 Å². The molecular formula is C17H28N4. The lowest BCUT2D eigenvalue weighted by Crippen LogP contribution is -2.32. The van der Waals surface area contributed by atoms with E-state index in [-0.39, 0.29) is 5.41 Å². The van der Waals surface area contributed by atoms with Crippen molar-refractivity contribution in [1.82, 2.24) is 15.5 Å². The van der Waals surface area contributed by atoms with E-state index in [0.29, 0.717) is 6.04 Å². The standard InChI is InChI=1S/C17H28N4/c1-13(2)18-12-15-6-7-16(20-19-15)21-10-8-14(9-11-21)17(3,4)5/h6-8,13,18H,9-12H2,1-5H3. The number of aromatic nitrogens is 2.